The summed E-state index contributed by atoms with van der Waals surface area (Å²) < 4.78 is 5.23. The molecule has 2 heterocycles. The highest BCUT2D eigenvalue weighted by atomic mass is 16.5. The predicted molar refractivity (Wildman–Crippen MR) is 64.9 cm³/mol. The summed E-state index contributed by atoms with van der Waals surface area (Å²) in [4.78, 5) is 25.3. The van der Waals surface area contributed by atoms with Crippen LogP contribution in [0.5, 0.6) is 0 Å². The molecule has 0 radical (unpaired) electrons. The maximum atomic E-state index is 11.7. The molecule has 2 fully saturated rings. The Bertz CT molecular complexity index is 471. The Kier molecular flexibility index (Phi) is 2.88. The van der Waals surface area contributed by atoms with E-state index in [1.54, 1.807) is 0 Å². The van der Waals surface area contributed by atoms with E-state index in [0.717, 1.165) is 5.56 Å². The van der Waals surface area contributed by atoms with Crippen LogP contribution in [0.1, 0.15) is 24.4 Å². The average Bonchev–Trinajstić information content (AvgIpc) is 2.41. The van der Waals surface area contributed by atoms with Crippen LogP contribution in [0.3, 0.4) is 0 Å². The third-order valence-electron chi connectivity index (χ3n) is 3.71. The lowest BCUT2D eigenvalue weighted by atomic mass is 9.94. The van der Waals surface area contributed by atoms with E-state index in [-0.39, 0.29) is 23.8 Å². The molecule has 0 N–H and O–H groups in total. The first kappa shape index (κ1) is 11.4. The standard InChI is InChI=1S/C14H15NO3/c16-11-6-7-15-12(8-11)14(17)18-9-13(15)10-4-2-1-3-5-10/h1-5,12-13H,6-9H2/t12-,13+/m0/s1. The van der Waals surface area contributed by atoms with Crippen LogP contribution < -0.4 is 0 Å². The van der Waals surface area contributed by atoms with Crippen LogP contribution in [-0.4, -0.2) is 35.8 Å². The normalized spacial score (nSPS) is 28.7. The molecular formula is C14H15NO3. The molecule has 0 unspecified atom stereocenters. The van der Waals surface area contributed by atoms with E-state index in [4.69, 9.17) is 4.74 Å². The van der Waals surface area contributed by atoms with Crippen molar-refractivity contribution >= 4 is 11.8 Å². The highest BCUT2D eigenvalue weighted by Crippen LogP contribution is 2.31. The van der Waals surface area contributed by atoms with Crippen molar-refractivity contribution in [2.24, 2.45) is 0 Å². The number of carbonyl (C=O) groups excluding carboxylic acids is 2. The van der Waals surface area contributed by atoms with Gasteiger partial charge < -0.3 is 4.74 Å². The van der Waals surface area contributed by atoms with Crippen LogP contribution in [0.2, 0.25) is 0 Å². The second-order valence-electron chi connectivity index (χ2n) is 4.80. The van der Waals surface area contributed by atoms with Gasteiger partial charge in [0.1, 0.15) is 18.4 Å². The number of esters is 1. The molecule has 4 nitrogen and oxygen atoms in total. The monoisotopic (exact) mass is 245 g/mol. The molecule has 18 heavy (non-hydrogen) atoms. The summed E-state index contributed by atoms with van der Waals surface area (Å²) >= 11 is 0. The Hall–Kier alpha value is -1.68. The zero-order valence-corrected chi connectivity index (χ0v) is 10.0. The smallest absolute Gasteiger partial charge is 0.323 e. The number of Topliss-reactive ketones (excluding diaryl/α,β-unsaturated/α-hetero) is 1. The van der Waals surface area contributed by atoms with Gasteiger partial charge in [-0.3, -0.25) is 14.5 Å². The van der Waals surface area contributed by atoms with Crippen molar-refractivity contribution < 1.29 is 14.3 Å². The summed E-state index contributed by atoms with van der Waals surface area (Å²) in [6.07, 6.45) is 0.829. The molecule has 1 aromatic rings. The van der Waals surface area contributed by atoms with Gasteiger partial charge in [0.15, 0.2) is 0 Å². The van der Waals surface area contributed by atoms with Gasteiger partial charge in [-0.25, -0.2) is 0 Å². The van der Waals surface area contributed by atoms with Gasteiger partial charge in [-0.1, -0.05) is 30.3 Å². The topological polar surface area (TPSA) is 46.6 Å². The molecule has 2 aliphatic heterocycles. The van der Waals surface area contributed by atoms with Gasteiger partial charge in [0.25, 0.3) is 0 Å². The Morgan fingerprint density at radius 3 is 2.67 bits per heavy atom. The summed E-state index contributed by atoms with van der Waals surface area (Å²) in [6, 6.07) is 9.71. The van der Waals surface area contributed by atoms with Gasteiger partial charge in [0.05, 0.1) is 6.04 Å². The summed E-state index contributed by atoms with van der Waals surface area (Å²) in [5.41, 5.74) is 1.14. The fourth-order valence-corrected chi connectivity index (χ4v) is 2.75. The minimum absolute atomic E-state index is 0.0852. The average molecular weight is 245 g/mol. The van der Waals surface area contributed by atoms with Crippen LogP contribution in [-0.2, 0) is 14.3 Å². The van der Waals surface area contributed by atoms with Crippen LogP contribution in [0, 0.1) is 0 Å². The number of ketones is 1. The van der Waals surface area contributed by atoms with Crippen molar-refractivity contribution in [2.45, 2.75) is 24.9 Å². The number of hydrogen-bond acceptors (Lipinski definition) is 4. The van der Waals surface area contributed by atoms with E-state index < -0.39 is 0 Å². The SMILES string of the molecule is O=C1CCN2[C@@H](c3ccccc3)COC(=O)[C@@H]2C1. The Morgan fingerprint density at radius 2 is 1.89 bits per heavy atom. The second kappa shape index (κ2) is 4.53. The molecule has 3 rings (SSSR count). The molecule has 2 aliphatic rings. The van der Waals surface area contributed by atoms with Crippen molar-refractivity contribution in [3.8, 4) is 0 Å². The maximum Gasteiger partial charge on any atom is 0.323 e. The third-order valence-corrected chi connectivity index (χ3v) is 3.71. The van der Waals surface area contributed by atoms with E-state index >= 15 is 0 Å². The number of cyclic esters (lactones) is 1. The van der Waals surface area contributed by atoms with Crippen molar-refractivity contribution in [3.05, 3.63) is 35.9 Å². The van der Waals surface area contributed by atoms with E-state index in [9.17, 15) is 9.59 Å². The minimum atomic E-state index is -0.384. The van der Waals surface area contributed by atoms with E-state index in [0.29, 0.717) is 26.0 Å². The highest BCUT2D eigenvalue weighted by molar-refractivity contribution is 5.88. The van der Waals surface area contributed by atoms with Crippen LogP contribution in [0.15, 0.2) is 30.3 Å². The van der Waals surface area contributed by atoms with Gasteiger partial charge in [0, 0.05) is 19.4 Å². The van der Waals surface area contributed by atoms with Crippen molar-refractivity contribution in [2.75, 3.05) is 13.2 Å². The molecule has 0 aliphatic carbocycles. The molecule has 0 amide bonds. The highest BCUT2D eigenvalue weighted by Gasteiger charge is 2.42. The van der Waals surface area contributed by atoms with E-state index in [1.807, 2.05) is 30.3 Å². The van der Waals surface area contributed by atoms with E-state index in [2.05, 4.69) is 4.90 Å². The first-order valence-corrected chi connectivity index (χ1v) is 6.25. The molecule has 4 heteroatoms. The van der Waals surface area contributed by atoms with Gasteiger partial charge in [-0.15, -0.1) is 0 Å². The largest absolute Gasteiger partial charge is 0.462 e. The number of benzene rings is 1. The number of nitrogens with zero attached hydrogens (tertiary/aromatic N) is 1. The number of ether oxygens (including phenoxy) is 1. The number of hydrogen-bond donors (Lipinski definition) is 0. The Balaban J connectivity index is 1.88. The van der Waals surface area contributed by atoms with E-state index in [1.165, 1.54) is 0 Å². The zero-order valence-electron chi connectivity index (χ0n) is 10.0. The zero-order chi connectivity index (χ0) is 12.5. The number of rotatable bonds is 1. The van der Waals surface area contributed by atoms with Gasteiger partial charge >= 0.3 is 5.97 Å². The number of fused-ring (bicyclic) bond motifs is 1. The van der Waals surface area contributed by atoms with Gasteiger partial charge in [-0.2, -0.15) is 0 Å². The maximum absolute atomic E-state index is 11.7. The lowest BCUT2D eigenvalue weighted by Crippen LogP contribution is -2.54. The number of piperidine rings is 1. The summed E-state index contributed by atoms with van der Waals surface area (Å²) in [6.45, 7) is 1.03. The molecule has 94 valence electrons. The van der Waals surface area contributed by atoms with Crippen LogP contribution >= 0.6 is 0 Å². The fraction of sp³-hybridized carbons (Fsp3) is 0.429. The summed E-state index contributed by atoms with van der Waals surface area (Å²) in [5, 5.41) is 0. The quantitative estimate of drug-likeness (QED) is 0.700. The Labute approximate surface area is 106 Å². The second-order valence-corrected chi connectivity index (χ2v) is 4.80. The first-order valence-electron chi connectivity index (χ1n) is 6.25. The lowest BCUT2D eigenvalue weighted by Gasteiger charge is -2.42. The molecule has 2 atom stereocenters. The van der Waals surface area contributed by atoms with Crippen LogP contribution in [0.25, 0.3) is 0 Å². The van der Waals surface area contributed by atoms with Crippen molar-refractivity contribution in [1.82, 2.24) is 4.90 Å². The summed E-state index contributed by atoms with van der Waals surface area (Å²) in [7, 11) is 0. The lowest BCUT2D eigenvalue weighted by molar-refractivity contribution is -0.167. The van der Waals surface area contributed by atoms with Gasteiger partial charge in [0.2, 0.25) is 0 Å². The van der Waals surface area contributed by atoms with Gasteiger partial charge in [-0.05, 0) is 5.56 Å². The molecule has 0 aromatic heterocycles. The molecule has 0 saturated carbocycles. The molecular weight excluding hydrogens is 230 g/mol. The van der Waals surface area contributed by atoms with Crippen molar-refractivity contribution in [1.29, 1.82) is 0 Å². The number of carbonyl (C=O) groups is 2. The minimum Gasteiger partial charge on any atom is -0.462 e. The number of morpholine rings is 1. The predicted octanol–water partition coefficient (Wildman–Crippen LogP) is 1.32. The molecule has 0 bridgehead atoms. The third kappa shape index (κ3) is 1.93. The molecule has 0 spiro atoms. The summed E-state index contributed by atoms with van der Waals surface area (Å²) in [5.74, 6) is -0.0999. The van der Waals surface area contributed by atoms with Crippen LogP contribution in [0.4, 0.5) is 0 Å². The Morgan fingerprint density at radius 1 is 1.11 bits per heavy atom. The first-order chi connectivity index (χ1) is 8.75. The molecule has 1 aromatic carbocycles. The molecule has 2 saturated heterocycles. The van der Waals surface area contributed by atoms with Crippen molar-refractivity contribution in [3.63, 3.8) is 0 Å². The fourth-order valence-electron chi connectivity index (χ4n) is 2.75.